The van der Waals surface area contributed by atoms with Crippen LogP contribution < -0.4 is 14.4 Å². The summed E-state index contributed by atoms with van der Waals surface area (Å²) in [6, 6.07) is 3.56. The van der Waals surface area contributed by atoms with Crippen molar-refractivity contribution in [3.8, 4) is 22.9 Å². The van der Waals surface area contributed by atoms with Crippen molar-refractivity contribution in [3.63, 3.8) is 0 Å². The molecular formula is C19H19F2N3O6. The minimum Gasteiger partial charge on any atom is -0.491 e. The Kier molecular flexibility index (Phi) is 5.18. The number of alkyl halides is 2. The van der Waals surface area contributed by atoms with Gasteiger partial charge in [-0.3, -0.25) is 0 Å². The highest BCUT2D eigenvalue weighted by Crippen LogP contribution is 2.37. The van der Waals surface area contributed by atoms with E-state index in [9.17, 15) is 18.4 Å². The molecule has 3 heterocycles. The summed E-state index contributed by atoms with van der Waals surface area (Å²) < 4.78 is 49.1. The van der Waals surface area contributed by atoms with Gasteiger partial charge in [-0.1, -0.05) is 0 Å². The van der Waals surface area contributed by atoms with Crippen molar-refractivity contribution >= 4 is 17.9 Å². The molecule has 1 aromatic heterocycles. The lowest BCUT2D eigenvalue weighted by Gasteiger charge is -2.17. The zero-order chi connectivity index (χ0) is 21.4. The molecule has 0 aliphatic carbocycles. The quantitative estimate of drug-likeness (QED) is 0.682. The highest BCUT2D eigenvalue weighted by Gasteiger charge is 2.42. The molecule has 11 heteroatoms. The Bertz CT molecular complexity index is 979. The van der Waals surface area contributed by atoms with E-state index in [1.807, 2.05) is 0 Å². The minimum absolute atomic E-state index is 0.0882. The van der Waals surface area contributed by atoms with Crippen LogP contribution in [0.5, 0.6) is 11.5 Å². The Hall–Kier alpha value is -3.37. The Morgan fingerprint density at radius 2 is 2.13 bits per heavy atom. The summed E-state index contributed by atoms with van der Waals surface area (Å²) in [5.74, 6) is 0.878. The number of benzene rings is 1. The number of cyclic esters (lactones) is 1. The highest BCUT2D eigenvalue weighted by molar-refractivity contribution is 5.89. The summed E-state index contributed by atoms with van der Waals surface area (Å²) in [6.45, 7) is 1.85. The van der Waals surface area contributed by atoms with E-state index in [2.05, 4.69) is 9.72 Å². The van der Waals surface area contributed by atoms with E-state index in [1.165, 1.54) is 13.3 Å². The molecule has 0 spiro atoms. The number of esters is 1. The van der Waals surface area contributed by atoms with Crippen molar-refractivity contribution in [2.75, 3.05) is 25.2 Å². The number of fused-ring (bicyclic) bond motifs is 3. The number of rotatable bonds is 5. The fraction of sp³-hybridized carbons (Fsp3) is 0.421. The second kappa shape index (κ2) is 7.81. The molecule has 0 radical (unpaired) electrons. The number of aromatic nitrogens is 2. The molecule has 30 heavy (non-hydrogen) atoms. The number of nitrogens with zero attached hydrogens (tertiary/aromatic N) is 3. The predicted octanol–water partition coefficient (Wildman–Crippen LogP) is 2.47. The van der Waals surface area contributed by atoms with Gasteiger partial charge in [0.25, 0.3) is 6.43 Å². The first-order valence-corrected chi connectivity index (χ1v) is 9.22. The summed E-state index contributed by atoms with van der Waals surface area (Å²) in [5.41, 5.74) is 0.595. The van der Waals surface area contributed by atoms with Crippen LogP contribution in [0.1, 0.15) is 6.92 Å². The molecule has 1 saturated heterocycles. The van der Waals surface area contributed by atoms with Gasteiger partial charge in [-0.05, 0) is 19.1 Å². The van der Waals surface area contributed by atoms with Crippen LogP contribution in [0.2, 0.25) is 0 Å². The van der Waals surface area contributed by atoms with Crippen LogP contribution >= 0.6 is 0 Å². The Morgan fingerprint density at radius 3 is 2.87 bits per heavy atom. The normalized spacial score (nSPS) is 18.8. The van der Waals surface area contributed by atoms with Crippen LogP contribution in [0.4, 0.5) is 19.4 Å². The van der Waals surface area contributed by atoms with Crippen molar-refractivity contribution in [1.29, 1.82) is 0 Å². The number of anilines is 1. The van der Waals surface area contributed by atoms with Gasteiger partial charge in [-0.25, -0.2) is 28.3 Å². The number of halogens is 2. The first kappa shape index (κ1) is 19.9. The molecule has 1 aromatic carbocycles. The van der Waals surface area contributed by atoms with Gasteiger partial charge in [0.2, 0.25) is 0 Å². The number of imidazole rings is 1. The molecule has 0 saturated carbocycles. The molecule has 1 amide bonds. The van der Waals surface area contributed by atoms with Gasteiger partial charge in [0.1, 0.15) is 36.6 Å². The number of carbonyl (C=O) groups is 2. The first-order valence-electron chi connectivity index (χ1n) is 9.22. The standard InChI is InChI=1S/C19H19F2N3O6/c1-10(18(25)27-2)30-11-3-4-12-14(7-11)28-6-5-23-8-15(22-17(12)23)24-13(16(20)21)9-29-19(24)26/h3-4,7-8,10,13,16H,5-6,9H2,1-2H3/t10-,13-/m0/s1. The predicted molar refractivity (Wildman–Crippen MR) is 98.9 cm³/mol. The summed E-state index contributed by atoms with van der Waals surface area (Å²) in [5, 5.41) is 0. The number of amides is 1. The van der Waals surface area contributed by atoms with E-state index in [-0.39, 0.29) is 12.4 Å². The molecule has 0 N–H and O–H groups in total. The van der Waals surface area contributed by atoms with Crippen LogP contribution in [0.15, 0.2) is 24.4 Å². The lowest BCUT2D eigenvalue weighted by molar-refractivity contribution is -0.147. The third kappa shape index (κ3) is 3.51. The maximum absolute atomic E-state index is 13.3. The van der Waals surface area contributed by atoms with Crippen LogP contribution in [0.3, 0.4) is 0 Å². The third-order valence-electron chi connectivity index (χ3n) is 4.84. The van der Waals surface area contributed by atoms with Gasteiger partial charge in [-0.2, -0.15) is 0 Å². The number of hydrogen-bond acceptors (Lipinski definition) is 7. The van der Waals surface area contributed by atoms with E-state index >= 15 is 0 Å². The average Bonchev–Trinajstić information content (AvgIpc) is 3.26. The van der Waals surface area contributed by atoms with Gasteiger partial charge >= 0.3 is 12.1 Å². The Morgan fingerprint density at radius 1 is 1.33 bits per heavy atom. The monoisotopic (exact) mass is 423 g/mol. The van der Waals surface area contributed by atoms with E-state index in [0.717, 1.165) is 4.90 Å². The SMILES string of the molecule is COC(=O)[C@H](C)Oc1ccc2c(c1)OCCn1cc(N3C(=O)OC[C@H]3C(F)F)nc1-2. The second-order valence-corrected chi connectivity index (χ2v) is 6.75. The molecule has 4 rings (SSSR count). The fourth-order valence-corrected chi connectivity index (χ4v) is 3.34. The zero-order valence-electron chi connectivity index (χ0n) is 16.2. The third-order valence-corrected chi connectivity index (χ3v) is 4.84. The maximum atomic E-state index is 13.3. The van der Waals surface area contributed by atoms with Gasteiger partial charge in [0, 0.05) is 12.3 Å². The summed E-state index contributed by atoms with van der Waals surface area (Å²) >= 11 is 0. The molecule has 2 aromatic rings. The van der Waals surface area contributed by atoms with Gasteiger partial charge < -0.3 is 23.5 Å². The molecule has 2 aliphatic rings. The first-order chi connectivity index (χ1) is 14.4. The molecule has 2 aliphatic heterocycles. The summed E-state index contributed by atoms with van der Waals surface area (Å²) in [7, 11) is 1.27. The van der Waals surface area contributed by atoms with Crippen molar-refractivity contribution in [1.82, 2.24) is 9.55 Å². The fourth-order valence-electron chi connectivity index (χ4n) is 3.34. The number of ether oxygens (including phenoxy) is 4. The zero-order valence-corrected chi connectivity index (χ0v) is 16.2. The largest absolute Gasteiger partial charge is 0.491 e. The lowest BCUT2D eigenvalue weighted by atomic mass is 10.2. The molecule has 1 fully saturated rings. The maximum Gasteiger partial charge on any atom is 0.416 e. The van der Waals surface area contributed by atoms with E-state index < -0.39 is 37.2 Å². The number of carbonyl (C=O) groups excluding carboxylic acids is 2. The Balaban J connectivity index is 1.66. The second-order valence-electron chi connectivity index (χ2n) is 6.75. The van der Waals surface area contributed by atoms with E-state index in [0.29, 0.717) is 29.4 Å². The van der Waals surface area contributed by atoms with Crippen molar-refractivity contribution in [2.24, 2.45) is 0 Å². The molecule has 0 unspecified atom stereocenters. The van der Waals surface area contributed by atoms with E-state index in [1.54, 1.807) is 29.7 Å². The van der Waals surface area contributed by atoms with Gasteiger partial charge in [0.15, 0.2) is 11.9 Å². The number of hydrogen-bond donors (Lipinski definition) is 0. The van der Waals surface area contributed by atoms with Crippen molar-refractivity contribution < 1.29 is 37.3 Å². The minimum atomic E-state index is -2.76. The molecular weight excluding hydrogens is 404 g/mol. The van der Waals surface area contributed by atoms with Gasteiger partial charge in [0.05, 0.1) is 19.2 Å². The van der Waals surface area contributed by atoms with Crippen molar-refractivity contribution in [2.45, 2.75) is 32.0 Å². The molecule has 9 nitrogen and oxygen atoms in total. The topological polar surface area (TPSA) is 92.1 Å². The van der Waals surface area contributed by atoms with Crippen LogP contribution in [0, 0.1) is 0 Å². The summed E-state index contributed by atoms with van der Waals surface area (Å²) in [4.78, 5) is 28.8. The van der Waals surface area contributed by atoms with Crippen LogP contribution in [0.25, 0.3) is 11.4 Å². The van der Waals surface area contributed by atoms with E-state index in [4.69, 9.17) is 14.2 Å². The molecule has 2 atom stereocenters. The molecule has 0 bridgehead atoms. The van der Waals surface area contributed by atoms with Crippen LogP contribution in [-0.4, -0.2) is 60.5 Å². The Labute approximate surface area is 170 Å². The van der Waals surface area contributed by atoms with Gasteiger partial charge in [-0.15, -0.1) is 0 Å². The summed E-state index contributed by atoms with van der Waals surface area (Å²) in [6.07, 6.45) is -2.89. The van der Waals surface area contributed by atoms with Crippen molar-refractivity contribution in [3.05, 3.63) is 24.4 Å². The average molecular weight is 423 g/mol. The lowest BCUT2D eigenvalue weighted by Crippen LogP contribution is -2.38. The smallest absolute Gasteiger partial charge is 0.416 e. The molecule has 160 valence electrons. The number of methoxy groups -OCH3 is 1. The van der Waals surface area contributed by atoms with Crippen LogP contribution in [-0.2, 0) is 20.8 Å². The highest BCUT2D eigenvalue weighted by atomic mass is 19.3.